The molecule has 1 aromatic carbocycles. The smallest absolute Gasteiger partial charge is 0.317 e. The van der Waals surface area contributed by atoms with Gasteiger partial charge in [0.15, 0.2) is 6.10 Å². The van der Waals surface area contributed by atoms with Gasteiger partial charge in [0, 0.05) is 24.2 Å². The summed E-state index contributed by atoms with van der Waals surface area (Å²) < 4.78 is 5.71. The van der Waals surface area contributed by atoms with Gasteiger partial charge in [-0.25, -0.2) is 0 Å². The SMILES string of the molecule is CC(Oc1cccc(Cl)c1)C(=O)N1CCCC(N(C)CC(=O)O)CC1. The average Bonchev–Trinajstić information content (AvgIpc) is 2.79. The highest BCUT2D eigenvalue weighted by Crippen LogP contribution is 2.20. The molecule has 0 spiro atoms. The molecule has 6 nitrogen and oxygen atoms in total. The summed E-state index contributed by atoms with van der Waals surface area (Å²) in [5, 5.41) is 9.49. The lowest BCUT2D eigenvalue weighted by molar-refractivity contribution is -0.139. The summed E-state index contributed by atoms with van der Waals surface area (Å²) in [6, 6.07) is 7.17. The molecule has 0 aliphatic carbocycles. The molecule has 0 saturated carbocycles. The van der Waals surface area contributed by atoms with Crippen LogP contribution in [0.3, 0.4) is 0 Å². The molecule has 1 amide bonds. The van der Waals surface area contributed by atoms with Crippen molar-refractivity contribution in [1.29, 1.82) is 0 Å². The molecular formula is C18H25ClN2O4. The summed E-state index contributed by atoms with van der Waals surface area (Å²) in [5.74, 6) is -0.313. The summed E-state index contributed by atoms with van der Waals surface area (Å²) in [4.78, 5) is 27.2. The van der Waals surface area contributed by atoms with Crippen LogP contribution in [0, 0.1) is 0 Å². The van der Waals surface area contributed by atoms with E-state index in [0.29, 0.717) is 23.9 Å². The summed E-state index contributed by atoms with van der Waals surface area (Å²) in [6.45, 7) is 3.03. The molecule has 2 unspecified atom stereocenters. The zero-order chi connectivity index (χ0) is 18.4. The van der Waals surface area contributed by atoms with E-state index in [2.05, 4.69) is 0 Å². The number of nitrogens with zero attached hydrogens (tertiary/aromatic N) is 2. The van der Waals surface area contributed by atoms with E-state index in [4.69, 9.17) is 21.4 Å². The van der Waals surface area contributed by atoms with E-state index in [1.165, 1.54) is 0 Å². The Morgan fingerprint density at radius 1 is 1.40 bits per heavy atom. The van der Waals surface area contributed by atoms with Crippen molar-refractivity contribution in [3.8, 4) is 5.75 Å². The molecule has 1 fully saturated rings. The van der Waals surface area contributed by atoms with Gasteiger partial charge in [0.1, 0.15) is 5.75 Å². The third kappa shape index (κ3) is 5.90. The third-order valence-electron chi connectivity index (χ3n) is 4.47. The van der Waals surface area contributed by atoms with Crippen LogP contribution in [0.1, 0.15) is 26.2 Å². The number of halogens is 1. The minimum absolute atomic E-state index is 0.0207. The van der Waals surface area contributed by atoms with Gasteiger partial charge in [0.05, 0.1) is 6.54 Å². The van der Waals surface area contributed by atoms with E-state index in [9.17, 15) is 9.59 Å². The monoisotopic (exact) mass is 368 g/mol. The lowest BCUT2D eigenvalue weighted by Crippen LogP contribution is -2.42. The van der Waals surface area contributed by atoms with Crippen molar-refractivity contribution in [3.63, 3.8) is 0 Å². The van der Waals surface area contributed by atoms with E-state index in [-0.39, 0.29) is 18.5 Å². The molecule has 1 aliphatic heterocycles. The number of benzene rings is 1. The molecule has 25 heavy (non-hydrogen) atoms. The largest absolute Gasteiger partial charge is 0.481 e. The Kier molecular flexibility index (Phi) is 7.08. The van der Waals surface area contributed by atoms with E-state index < -0.39 is 12.1 Å². The van der Waals surface area contributed by atoms with Crippen LogP contribution in [0.5, 0.6) is 5.75 Å². The standard InChI is InChI=1S/C18H25ClN2O4/c1-13(25-16-7-3-5-14(19)11-16)18(24)21-9-4-6-15(8-10-21)20(2)12-17(22)23/h3,5,7,11,13,15H,4,6,8-10,12H2,1-2H3,(H,22,23). The first-order valence-corrected chi connectivity index (χ1v) is 8.87. The number of amides is 1. The summed E-state index contributed by atoms with van der Waals surface area (Å²) in [6.07, 6.45) is 1.91. The highest BCUT2D eigenvalue weighted by molar-refractivity contribution is 6.30. The number of carbonyl (C=O) groups is 2. The number of carbonyl (C=O) groups excluding carboxylic acids is 1. The lowest BCUT2D eigenvalue weighted by Gasteiger charge is -2.26. The highest BCUT2D eigenvalue weighted by atomic mass is 35.5. The first-order chi connectivity index (χ1) is 11.9. The van der Waals surface area contributed by atoms with Gasteiger partial charge in [0.2, 0.25) is 0 Å². The van der Waals surface area contributed by atoms with Gasteiger partial charge >= 0.3 is 5.97 Å². The molecule has 1 N–H and O–H groups in total. The Morgan fingerprint density at radius 2 is 2.16 bits per heavy atom. The van der Waals surface area contributed by atoms with Gasteiger partial charge in [-0.15, -0.1) is 0 Å². The fraction of sp³-hybridized carbons (Fsp3) is 0.556. The zero-order valence-electron chi connectivity index (χ0n) is 14.7. The fourth-order valence-electron chi connectivity index (χ4n) is 3.13. The highest BCUT2D eigenvalue weighted by Gasteiger charge is 2.27. The second-order valence-electron chi connectivity index (χ2n) is 6.44. The number of carboxylic acids is 1. The van der Waals surface area contributed by atoms with Gasteiger partial charge < -0.3 is 14.7 Å². The van der Waals surface area contributed by atoms with Crippen LogP contribution in [-0.4, -0.2) is 65.6 Å². The number of likely N-dealkylation sites (N-methyl/N-ethyl adjacent to an activating group) is 1. The number of aliphatic carboxylic acids is 1. The molecular weight excluding hydrogens is 344 g/mol. The zero-order valence-corrected chi connectivity index (χ0v) is 15.4. The molecule has 1 saturated heterocycles. The number of rotatable bonds is 6. The van der Waals surface area contributed by atoms with Crippen LogP contribution in [0.4, 0.5) is 0 Å². The molecule has 138 valence electrons. The molecule has 1 heterocycles. The maximum Gasteiger partial charge on any atom is 0.317 e. The van der Waals surface area contributed by atoms with Crippen molar-refractivity contribution in [1.82, 2.24) is 9.80 Å². The second-order valence-corrected chi connectivity index (χ2v) is 6.87. The van der Waals surface area contributed by atoms with Gasteiger partial charge in [0.25, 0.3) is 5.91 Å². The summed E-state index contributed by atoms with van der Waals surface area (Å²) >= 11 is 5.94. The maximum absolute atomic E-state index is 12.7. The Labute approximate surface area is 153 Å². The van der Waals surface area contributed by atoms with Gasteiger partial charge in [-0.1, -0.05) is 17.7 Å². The van der Waals surface area contributed by atoms with Crippen molar-refractivity contribution in [2.75, 3.05) is 26.7 Å². The van der Waals surface area contributed by atoms with Crippen LogP contribution >= 0.6 is 11.6 Å². The maximum atomic E-state index is 12.7. The van der Waals surface area contributed by atoms with Crippen molar-refractivity contribution >= 4 is 23.5 Å². The molecule has 1 aromatic rings. The Morgan fingerprint density at radius 3 is 2.84 bits per heavy atom. The summed E-state index contributed by atoms with van der Waals surface area (Å²) in [7, 11) is 1.82. The van der Waals surface area contributed by atoms with Crippen LogP contribution < -0.4 is 4.74 Å². The third-order valence-corrected chi connectivity index (χ3v) is 4.71. The fourth-order valence-corrected chi connectivity index (χ4v) is 3.31. The molecule has 0 aromatic heterocycles. The molecule has 2 atom stereocenters. The number of likely N-dealkylation sites (tertiary alicyclic amines) is 1. The Hall–Kier alpha value is -1.79. The van der Waals surface area contributed by atoms with Gasteiger partial charge in [-0.3, -0.25) is 14.5 Å². The predicted octanol–water partition coefficient (Wildman–Crippen LogP) is 2.50. The Bertz CT molecular complexity index is 610. The van der Waals surface area contributed by atoms with Crippen LogP contribution in [0.15, 0.2) is 24.3 Å². The number of hydrogen-bond acceptors (Lipinski definition) is 4. The van der Waals surface area contributed by atoms with E-state index in [1.54, 1.807) is 31.2 Å². The van der Waals surface area contributed by atoms with Crippen LogP contribution in [0.25, 0.3) is 0 Å². The number of carboxylic acid groups (broad SMARTS) is 1. The number of hydrogen-bond donors (Lipinski definition) is 1. The Balaban J connectivity index is 1.90. The first kappa shape index (κ1) is 19.5. The van der Waals surface area contributed by atoms with Crippen molar-refractivity contribution in [3.05, 3.63) is 29.3 Å². The lowest BCUT2D eigenvalue weighted by atomic mass is 10.1. The predicted molar refractivity (Wildman–Crippen MR) is 96.0 cm³/mol. The topological polar surface area (TPSA) is 70.1 Å². The molecule has 2 rings (SSSR count). The first-order valence-electron chi connectivity index (χ1n) is 8.50. The van der Waals surface area contributed by atoms with Crippen LogP contribution in [0.2, 0.25) is 5.02 Å². The molecule has 7 heteroatoms. The van der Waals surface area contributed by atoms with Gasteiger partial charge in [-0.2, -0.15) is 0 Å². The quantitative estimate of drug-likeness (QED) is 0.835. The van der Waals surface area contributed by atoms with Crippen molar-refractivity contribution in [2.45, 2.75) is 38.3 Å². The van der Waals surface area contributed by atoms with E-state index in [1.807, 2.05) is 16.8 Å². The van der Waals surface area contributed by atoms with Crippen molar-refractivity contribution < 1.29 is 19.4 Å². The molecule has 0 bridgehead atoms. The van der Waals surface area contributed by atoms with Gasteiger partial charge in [-0.05, 0) is 51.4 Å². The van der Waals surface area contributed by atoms with Crippen LogP contribution in [-0.2, 0) is 9.59 Å². The molecule has 1 aliphatic rings. The van der Waals surface area contributed by atoms with Crippen molar-refractivity contribution in [2.24, 2.45) is 0 Å². The minimum atomic E-state index is -0.830. The molecule has 0 radical (unpaired) electrons. The average molecular weight is 369 g/mol. The van der Waals surface area contributed by atoms with E-state index >= 15 is 0 Å². The normalized spacial score (nSPS) is 19.4. The summed E-state index contributed by atoms with van der Waals surface area (Å²) in [5.41, 5.74) is 0. The number of ether oxygens (including phenoxy) is 1. The second kappa shape index (κ2) is 9.06. The van der Waals surface area contributed by atoms with E-state index in [0.717, 1.165) is 19.3 Å². The minimum Gasteiger partial charge on any atom is -0.481 e.